The SMILES string of the molecule is CCCC(=O)Cc1ccc(C)nn1. The van der Waals surface area contributed by atoms with Crippen molar-refractivity contribution >= 4 is 5.78 Å². The summed E-state index contributed by atoms with van der Waals surface area (Å²) in [5.74, 6) is 0.237. The Labute approximate surface area is 78.2 Å². The number of aromatic nitrogens is 2. The van der Waals surface area contributed by atoms with Crippen molar-refractivity contribution in [3.63, 3.8) is 0 Å². The van der Waals surface area contributed by atoms with Gasteiger partial charge in [-0.1, -0.05) is 6.92 Å². The largest absolute Gasteiger partial charge is 0.299 e. The fourth-order valence-electron chi connectivity index (χ4n) is 1.09. The van der Waals surface area contributed by atoms with Crippen LogP contribution in [0.3, 0.4) is 0 Å². The molecule has 3 nitrogen and oxygen atoms in total. The first-order chi connectivity index (χ1) is 6.22. The molecule has 0 atom stereocenters. The normalized spacial score (nSPS) is 10.0. The summed E-state index contributed by atoms with van der Waals surface area (Å²) in [6, 6.07) is 3.73. The molecule has 0 N–H and O–H groups in total. The second-order valence-electron chi connectivity index (χ2n) is 3.13. The van der Waals surface area contributed by atoms with Gasteiger partial charge in [-0.3, -0.25) is 4.79 Å². The topological polar surface area (TPSA) is 42.9 Å². The van der Waals surface area contributed by atoms with Gasteiger partial charge in [0.2, 0.25) is 0 Å². The van der Waals surface area contributed by atoms with E-state index in [1.54, 1.807) is 0 Å². The van der Waals surface area contributed by atoms with Crippen molar-refractivity contribution in [1.82, 2.24) is 10.2 Å². The first-order valence-corrected chi connectivity index (χ1v) is 4.53. The highest BCUT2D eigenvalue weighted by molar-refractivity contribution is 5.80. The minimum absolute atomic E-state index is 0.237. The summed E-state index contributed by atoms with van der Waals surface area (Å²) in [6.45, 7) is 3.88. The Morgan fingerprint density at radius 1 is 1.38 bits per heavy atom. The Morgan fingerprint density at radius 2 is 2.15 bits per heavy atom. The van der Waals surface area contributed by atoms with E-state index < -0.39 is 0 Å². The predicted octanol–water partition coefficient (Wildman–Crippen LogP) is 1.70. The van der Waals surface area contributed by atoms with Crippen molar-refractivity contribution < 1.29 is 4.79 Å². The standard InChI is InChI=1S/C10H14N2O/c1-3-4-10(13)7-9-6-5-8(2)11-12-9/h5-6H,3-4,7H2,1-2H3. The Bertz CT molecular complexity index is 279. The van der Waals surface area contributed by atoms with Gasteiger partial charge in [0.15, 0.2) is 0 Å². The first-order valence-electron chi connectivity index (χ1n) is 4.53. The van der Waals surface area contributed by atoms with Crippen LogP contribution in [0.2, 0.25) is 0 Å². The van der Waals surface area contributed by atoms with Crippen LogP contribution in [0.25, 0.3) is 0 Å². The molecular weight excluding hydrogens is 164 g/mol. The maximum atomic E-state index is 11.2. The summed E-state index contributed by atoms with van der Waals surface area (Å²) >= 11 is 0. The van der Waals surface area contributed by atoms with Crippen molar-refractivity contribution in [1.29, 1.82) is 0 Å². The molecule has 0 aliphatic rings. The third kappa shape index (κ3) is 3.32. The van der Waals surface area contributed by atoms with Crippen LogP contribution in [0.4, 0.5) is 0 Å². The lowest BCUT2D eigenvalue weighted by Gasteiger charge is -1.98. The van der Waals surface area contributed by atoms with Crippen molar-refractivity contribution in [3.8, 4) is 0 Å². The average Bonchev–Trinajstić information content (AvgIpc) is 2.09. The lowest BCUT2D eigenvalue weighted by Crippen LogP contribution is -2.04. The highest BCUT2D eigenvalue weighted by Gasteiger charge is 2.03. The van der Waals surface area contributed by atoms with Crippen molar-refractivity contribution in [2.24, 2.45) is 0 Å². The van der Waals surface area contributed by atoms with Crippen LogP contribution < -0.4 is 0 Å². The van der Waals surface area contributed by atoms with Gasteiger partial charge < -0.3 is 0 Å². The quantitative estimate of drug-likeness (QED) is 0.704. The summed E-state index contributed by atoms with van der Waals surface area (Å²) in [7, 11) is 0. The van der Waals surface area contributed by atoms with Crippen LogP contribution in [0.1, 0.15) is 31.2 Å². The van der Waals surface area contributed by atoms with Gasteiger partial charge in [-0.15, -0.1) is 0 Å². The number of hydrogen-bond donors (Lipinski definition) is 0. The van der Waals surface area contributed by atoms with E-state index in [1.807, 2.05) is 26.0 Å². The van der Waals surface area contributed by atoms with Gasteiger partial charge >= 0.3 is 0 Å². The molecule has 70 valence electrons. The molecule has 0 aliphatic carbocycles. The Hall–Kier alpha value is -1.25. The summed E-state index contributed by atoms with van der Waals surface area (Å²) in [5, 5.41) is 7.82. The van der Waals surface area contributed by atoms with Crippen LogP contribution in [0.5, 0.6) is 0 Å². The van der Waals surface area contributed by atoms with Gasteiger partial charge in [0.25, 0.3) is 0 Å². The maximum Gasteiger partial charge on any atom is 0.138 e. The zero-order valence-electron chi connectivity index (χ0n) is 8.08. The summed E-state index contributed by atoms with van der Waals surface area (Å²) in [6.07, 6.45) is 1.95. The Morgan fingerprint density at radius 3 is 2.69 bits per heavy atom. The average molecular weight is 178 g/mol. The molecule has 1 aromatic heterocycles. The molecule has 0 amide bonds. The summed E-state index contributed by atoms with van der Waals surface area (Å²) in [5.41, 5.74) is 1.65. The molecule has 0 aromatic carbocycles. The van der Waals surface area contributed by atoms with E-state index in [4.69, 9.17) is 0 Å². The zero-order valence-corrected chi connectivity index (χ0v) is 8.08. The smallest absolute Gasteiger partial charge is 0.138 e. The molecule has 1 aromatic rings. The van der Waals surface area contributed by atoms with Gasteiger partial charge in [-0.25, -0.2) is 0 Å². The van der Waals surface area contributed by atoms with E-state index in [0.29, 0.717) is 12.8 Å². The van der Waals surface area contributed by atoms with Crippen LogP contribution in [0, 0.1) is 6.92 Å². The Kier molecular flexibility index (Phi) is 3.55. The first kappa shape index (κ1) is 9.84. The Balaban J connectivity index is 2.54. The number of hydrogen-bond acceptors (Lipinski definition) is 3. The molecule has 0 saturated carbocycles. The number of nitrogens with zero attached hydrogens (tertiary/aromatic N) is 2. The fourth-order valence-corrected chi connectivity index (χ4v) is 1.09. The molecule has 0 spiro atoms. The van der Waals surface area contributed by atoms with Gasteiger partial charge in [-0.2, -0.15) is 10.2 Å². The molecule has 1 rings (SSSR count). The molecule has 0 fully saturated rings. The highest BCUT2D eigenvalue weighted by Crippen LogP contribution is 2.00. The molecule has 0 aliphatic heterocycles. The zero-order chi connectivity index (χ0) is 9.68. The highest BCUT2D eigenvalue weighted by atomic mass is 16.1. The van der Waals surface area contributed by atoms with E-state index >= 15 is 0 Å². The van der Waals surface area contributed by atoms with Crippen molar-refractivity contribution in [3.05, 3.63) is 23.5 Å². The van der Waals surface area contributed by atoms with Crippen molar-refractivity contribution in [2.45, 2.75) is 33.1 Å². The number of ketones is 1. The summed E-state index contributed by atoms with van der Waals surface area (Å²) in [4.78, 5) is 11.2. The van der Waals surface area contributed by atoms with E-state index in [0.717, 1.165) is 17.8 Å². The number of aryl methyl sites for hydroxylation is 1. The molecule has 0 unspecified atom stereocenters. The van der Waals surface area contributed by atoms with Crippen LogP contribution in [-0.4, -0.2) is 16.0 Å². The monoisotopic (exact) mass is 178 g/mol. The molecule has 3 heteroatoms. The van der Waals surface area contributed by atoms with E-state index in [9.17, 15) is 4.79 Å². The van der Waals surface area contributed by atoms with Crippen molar-refractivity contribution in [2.75, 3.05) is 0 Å². The number of carbonyl (C=O) groups is 1. The molecular formula is C10H14N2O. The van der Waals surface area contributed by atoms with Gasteiger partial charge in [0, 0.05) is 6.42 Å². The summed E-state index contributed by atoms with van der Waals surface area (Å²) < 4.78 is 0. The second kappa shape index (κ2) is 4.70. The molecule has 0 radical (unpaired) electrons. The van der Waals surface area contributed by atoms with E-state index in [2.05, 4.69) is 10.2 Å². The third-order valence-electron chi connectivity index (χ3n) is 1.76. The minimum Gasteiger partial charge on any atom is -0.299 e. The van der Waals surface area contributed by atoms with Gasteiger partial charge in [0.05, 0.1) is 17.8 Å². The lowest BCUT2D eigenvalue weighted by atomic mass is 10.1. The fraction of sp³-hybridized carbons (Fsp3) is 0.500. The van der Waals surface area contributed by atoms with Gasteiger partial charge in [0.1, 0.15) is 5.78 Å². The molecule has 13 heavy (non-hydrogen) atoms. The predicted molar refractivity (Wildman–Crippen MR) is 50.4 cm³/mol. The van der Waals surface area contributed by atoms with Crippen LogP contribution >= 0.6 is 0 Å². The van der Waals surface area contributed by atoms with E-state index in [1.165, 1.54) is 0 Å². The maximum absolute atomic E-state index is 11.2. The van der Waals surface area contributed by atoms with Crippen LogP contribution in [0.15, 0.2) is 12.1 Å². The van der Waals surface area contributed by atoms with Crippen LogP contribution in [-0.2, 0) is 11.2 Å². The second-order valence-corrected chi connectivity index (χ2v) is 3.13. The number of Topliss-reactive ketones (excluding diaryl/α,β-unsaturated/α-hetero) is 1. The van der Waals surface area contributed by atoms with E-state index in [-0.39, 0.29) is 5.78 Å². The minimum atomic E-state index is 0.237. The molecule has 0 saturated heterocycles. The third-order valence-corrected chi connectivity index (χ3v) is 1.76. The lowest BCUT2D eigenvalue weighted by molar-refractivity contribution is -0.118. The van der Waals surface area contributed by atoms with Gasteiger partial charge in [-0.05, 0) is 25.5 Å². The molecule has 0 bridgehead atoms. The number of rotatable bonds is 4. The number of carbonyl (C=O) groups excluding carboxylic acids is 1. The molecule has 1 heterocycles.